The van der Waals surface area contributed by atoms with Crippen molar-refractivity contribution < 1.29 is 9.90 Å². The predicted molar refractivity (Wildman–Crippen MR) is 61.5 cm³/mol. The van der Waals surface area contributed by atoms with Crippen molar-refractivity contribution in [2.75, 3.05) is 6.54 Å². The molecule has 1 atom stereocenters. The number of carbonyl (C=O) groups is 1. The summed E-state index contributed by atoms with van der Waals surface area (Å²) < 4.78 is 1.72. The number of aromatic nitrogens is 1. The largest absolute Gasteiger partial charge is 0.388 e. The average Bonchev–Trinajstić information content (AvgIpc) is 2.73. The van der Waals surface area contributed by atoms with Crippen molar-refractivity contribution in [3.63, 3.8) is 0 Å². The van der Waals surface area contributed by atoms with Crippen LogP contribution in [0.2, 0.25) is 0 Å². The average molecular weight is 220 g/mol. The number of nitrogens with one attached hydrogen (secondary N) is 1. The maximum atomic E-state index is 11.3. The third-order valence-corrected chi connectivity index (χ3v) is 2.26. The standard InChI is InChI=1S/C12H16N2O2/c1-3-6-13-12(16)9-14-7-5-10(8-14)11(15)4-2/h1,5,7-8,11,15H,4,6,9H2,2H3,(H,13,16). The zero-order valence-electron chi connectivity index (χ0n) is 9.31. The first-order valence-electron chi connectivity index (χ1n) is 5.21. The van der Waals surface area contributed by atoms with Gasteiger partial charge >= 0.3 is 0 Å². The van der Waals surface area contributed by atoms with Gasteiger partial charge in [-0.1, -0.05) is 12.8 Å². The van der Waals surface area contributed by atoms with Crippen LogP contribution in [0.1, 0.15) is 25.0 Å². The molecule has 1 heterocycles. The van der Waals surface area contributed by atoms with Gasteiger partial charge < -0.3 is 15.0 Å². The number of aliphatic hydroxyl groups excluding tert-OH is 1. The van der Waals surface area contributed by atoms with Crippen LogP contribution in [-0.2, 0) is 11.3 Å². The van der Waals surface area contributed by atoms with Gasteiger partial charge in [-0.3, -0.25) is 4.79 Å². The van der Waals surface area contributed by atoms with E-state index >= 15 is 0 Å². The lowest BCUT2D eigenvalue weighted by molar-refractivity contribution is -0.121. The summed E-state index contributed by atoms with van der Waals surface area (Å²) in [4.78, 5) is 11.3. The van der Waals surface area contributed by atoms with Crippen LogP contribution in [0.3, 0.4) is 0 Å². The second-order valence-corrected chi connectivity index (χ2v) is 3.52. The molecule has 0 aliphatic carbocycles. The fourth-order valence-corrected chi connectivity index (χ4v) is 1.36. The maximum absolute atomic E-state index is 11.3. The second-order valence-electron chi connectivity index (χ2n) is 3.52. The molecule has 1 unspecified atom stereocenters. The molecule has 0 radical (unpaired) electrons. The van der Waals surface area contributed by atoms with E-state index in [9.17, 15) is 9.90 Å². The van der Waals surface area contributed by atoms with E-state index in [4.69, 9.17) is 6.42 Å². The Morgan fingerprint density at radius 1 is 1.75 bits per heavy atom. The van der Waals surface area contributed by atoms with Crippen molar-refractivity contribution >= 4 is 5.91 Å². The minimum Gasteiger partial charge on any atom is -0.388 e. The molecule has 0 saturated carbocycles. The molecule has 2 N–H and O–H groups in total. The lowest BCUT2D eigenvalue weighted by Gasteiger charge is -2.05. The van der Waals surface area contributed by atoms with Gasteiger partial charge in [-0.2, -0.15) is 0 Å². The van der Waals surface area contributed by atoms with Gasteiger partial charge in [0.2, 0.25) is 5.91 Å². The highest BCUT2D eigenvalue weighted by Crippen LogP contribution is 2.15. The molecule has 1 aromatic heterocycles. The van der Waals surface area contributed by atoms with Crippen LogP contribution in [0, 0.1) is 12.3 Å². The van der Waals surface area contributed by atoms with E-state index in [-0.39, 0.29) is 19.0 Å². The molecule has 16 heavy (non-hydrogen) atoms. The first-order valence-corrected chi connectivity index (χ1v) is 5.21. The molecule has 0 aliphatic rings. The fraction of sp³-hybridized carbons (Fsp3) is 0.417. The van der Waals surface area contributed by atoms with E-state index in [1.54, 1.807) is 17.0 Å². The molecule has 4 heteroatoms. The van der Waals surface area contributed by atoms with E-state index < -0.39 is 6.10 Å². The number of nitrogens with zero attached hydrogens (tertiary/aromatic N) is 1. The SMILES string of the molecule is C#CCNC(=O)Cn1ccc(C(O)CC)c1. The Labute approximate surface area is 95.3 Å². The van der Waals surface area contributed by atoms with Crippen LogP contribution in [-0.4, -0.2) is 22.1 Å². The van der Waals surface area contributed by atoms with Crippen molar-refractivity contribution in [1.29, 1.82) is 0 Å². The Bertz CT molecular complexity index is 390. The molecule has 1 rings (SSSR count). The summed E-state index contributed by atoms with van der Waals surface area (Å²) in [6, 6.07) is 1.81. The number of hydrogen-bond donors (Lipinski definition) is 2. The molecule has 0 spiro atoms. The Morgan fingerprint density at radius 3 is 3.12 bits per heavy atom. The number of hydrogen-bond acceptors (Lipinski definition) is 2. The molecule has 4 nitrogen and oxygen atoms in total. The summed E-state index contributed by atoms with van der Waals surface area (Å²) in [5.74, 6) is 2.20. The van der Waals surface area contributed by atoms with Crippen LogP contribution < -0.4 is 5.32 Å². The van der Waals surface area contributed by atoms with Crippen LogP contribution in [0.15, 0.2) is 18.5 Å². The molecule has 1 aromatic rings. The Kier molecular flexibility index (Phi) is 4.62. The van der Waals surface area contributed by atoms with Gasteiger partial charge in [-0.15, -0.1) is 6.42 Å². The molecule has 0 bridgehead atoms. The zero-order chi connectivity index (χ0) is 12.0. The second kappa shape index (κ2) is 5.99. The highest BCUT2D eigenvalue weighted by molar-refractivity contribution is 5.76. The van der Waals surface area contributed by atoms with Crippen molar-refractivity contribution in [2.24, 2.45) is 0 Å². The molecule has 0 aliphatic heterocycles. The van der Waals surface area contributed by atoms with Gasteiger partial charge in [-0.25, -0.2) is 0 Å². The number of amides is 1. The highest BCUT2D eigenvalue weighted by Gasteiger charge is 2.07. The van der Waals surface area contributed by atoms with Gasteiger partial charge in [0, 0.05) is 12.4 Å². The minimum atomic E-state index is -0.463. The van der Waals surface area contributed by atoms with Crippen molar-refractivity contribution in [1.82, 2.24) is 9.88 Å². The zero-order valence-corrected chi connectivity index (χ0v) is 9.31. The lowest BCUT2D eigenvalue weighted by atomic mass is 10.1. The minimum absolute atomic E-state index is 0.133. The van der Waals surface area contributed by atoms with E-state index in [0.717, 1.165) is 5.56 Å². The highest BCUT2D eigenvalue weighted by atomic mass is 16.3. The summed E-state index contributed by atoms with van der Waals surface area (Å²) in [6.07, 6.45) is 8.76. The maximum Gasteiger partial charge on any atom is 0.240 e. The first-order chi connectivity index (χ1) is 7.67. The molecule has 1 amide bonds. The van der Waals surface area contributed by atoms with Gasteiger partial charge in [0.15, 0.2) is 0 Å². The van der Waals surface area contributed by atoms with Crippen molar-refractivity contribution in [2.45, 2.75) is 26.0 Å². The Hall–Kier alpha value is -1.73. The predicted octanol–water partition coefficient (Wildman–Crippen LogP) is 0.681. The molecule has 0 fully saturated rings. The number of rotatable bonds is 5. The van der Waals surface area contributed by atoms with Gasteiger partial charge in [0.25, 0.3) is 0 Å². The summed E-state index contributed by atoms with van der Waals surface area (Å²) in [6.45, 7) is 2.37. The van der Waals surface area contributed by atoms with E-state index in [1.165, 1.54) is 0 Å². The first kappa shape index (κ1) is 12.3. The van der Waals surface area contributed by atoms with E-state index in [1.807, 2.05) is 13.0 Å². The summed E-state index contributed by atoms with van der Waals surface area (Å²) in [5.41, 5.74) is 0.826. The summed E-state index contributed by atoms with van der Waals surface area (Å²) in [5, 5.41) is 12.2. The monoisotopic (exact) mass is 220 g/mol. The molecule has 0 aromatic carbocycles. The molecular weight excluding hydrogens is 204 g/mol. The van der Waals surface area contributed by atoms with Crippen LogP contribution >= 0.6 is 0 Å². The quantitative estimate of drug-likeness (QED) is 0.717. The molecule has 86 valence electrons. The number of aliphatic hydroxyl groups is 1. The van der Waals surface area contributed by atoms with Gasteiger partial charge in [0.1, 0.15) is 6.54 Å². The van der Waals surface area contributed by atoms with Crippen LogP contribution in [0.5, 0.6) is 0 Å². The van der Waals surface area contributed by atoms with Gasteiger partial charge in [0.05, 0.1) is 12.6 Å². The topological polar surface area (TPSA) is 54.3 Å². The summed E-state index contributed by atoms with van der Waals surface area (Å²) >= 11 is 0. The smallest absolute Gasteiger partial charge is 0.240 e. The van der Waals surface area contributed by atoms with Crippen LogP contribution in [0.25, 0.3) is 0 Å². The number of carbonyl (C=O) groups excluding carboxylic acids is 1. The fourth-order valence-electron chi connectivity index (χ4n) is 1.36. The third-order valence-electron chi connectivity index (χ3n) is 2.26. The Morgan fingerprint density at radius 2 is 2.50 bits per heavy atom. The molecule has 0 saturated heterocycles. The third kappa shape index (κ3) is 3.44. The van der Waals surface area contributed by atoms with Gasteiger partial charge in [-0.05, 0) is 18.1 Å². The lowest BCUT2D eigenvalue weighted by Crippen LogP contribution is -2.27. The Balaban J connectivity index is 2.52. The van der Waals surface area contributed by atoms with E-state index in [2.05, 4.69) is 11.2 Å². The summed E-state index contributed by atoms with van der Waals surface area (Å²) in [7, 11) is 0. The van der Waals surface area contributed by atoms with Crippen molar-refractivity contribution in [3.05, 3.63) is 24.0 Å². The van der Waals surface area contributed by atoms with Crippen LogP contribution in [0.4, 0.5) is 0 Å². The number of terminal acetylenes is 1. The molecular formula is C12H16N2O2. The normalized spacial score (nSPS) is 11.8. The van der Waals surface area contributed by atoms with E-state index in [0.29, 0.717) is 6.42 Å². The van der Waals surface area contributed by atoms with Crippen molar-refractivity contribution in [3.8, 4) is 12.3 Å².